The second-order valence-corrected chi connectivity index (χ2v) is 4.47. The lowest BCUT2D eigenvalue weighted by Gasteiger charge is -2.14. The Labute approximate surface area is 87.7 Å². The van der Waals surface area contributed by atoms with Crippen molar-refractivity contribution in [1.29, 1.82) is 0 Å². The molecule has 1 aliphatic heterocycles. The van der Waals surface area contributed by atoms with Crippen molar-refractivity contribution in [2.24, 2.45) is 5.92 Å². The highest BCUT2D eigenvalue weighted by molar-refractivity contribution is 5.80. The van der Waals surface area contributed by atoms with Crippen LogP contribution in [0.25, 0.3) is 0 Å². The van der Waals surface area contributed by atoms with Crippen LogP contribution in [0.15, 0.2) is 0 Å². The summed E-state index contributed by atoms with van der Waals surface area (Å²) in [5, 5.41) is 0. The summed E-state index contributed by atoms with van der Waals surface area (Å²) in [6, 6.07) is 0. The molecule has 0 aromatic heterocycles. The molecule has 14 heavy (non-hydrogen) atoms. The normalized spacial score (nSPS) is 22.9. The molecule has 1 heterocycles. The van der Waals surface area contributed by atoms with E-state index in [1.807, 2.05) is 0 Å². The van der Waals surface area contributed by atoms with Gasteiger partial charge in [-0.15, -0.1) is 0 Å². The molecule has 1 aliphatic rings. The monoisotopic (exact) mass is 197 g/mol. The Morgan fingerprint density at radius 2 is 2.14 bits per heavy atom. The number of ketones is 1. The molecule has 0 saturated carbocycles. The van der Waals surface area contributed by atoms with Crippen LogP contribution in [-0.2, 0) is 4.79 Å². The average Bonchev–Trinajstić information content (AvgIpc) is 2.53. The maximum atomic E-state index is 11.4. The highest BCUT2D eigenvalue weighted by Gasteiger charge is 2.22. The number of Topliss-reactive ketones (excluding diaryl/α,β-unsaturated/α-hetero) is 1. The van der Waals surface area contributed by atoms with Gasteiger partial charge in [0, 0.05) is 13.0 Å². The lowest BCUT2D eigenvalue weighted by atomic mass is 10.0. The molecule has 1 rings (SSSR count). The van der Waals surface area contributed by atoms with Gasteiger partial charge in [-0.05, 0) is 31.7 Å². The van der Waals surface area contributed by atoms with Crippen molar-refractivity contribution in [2.45, 2.75) is 46.0 Å². The van der Waals surface area contributed by atoms with Crippen molar-refractivity contribution in [3.63, 3.8) is 0 Å². The van der Waals surface area contributed by atoms with Crippen molar-refractivity contribution >= 4 is 5.78 Å². The van der Waals surface area contributed by atoms with E-state index in [0.29, 0.717) is 12.3 Å². The van der Waals surface area contributed by atoms with E-state index in [-0.39, 0.29) is 0 Å². The molecule has 0 N–H and O–H groups in total. The maximum Gasteiger partial charge on any atom is 0.146 e. The van der Waals surface area contributed by atoms with E-state index in [4.69, 9.17) is 0 Å². The molecule has 1 fully saturated rings. The van der Waals surface area contributed by atoms with Gasteiger partial charge in [0.2, 0.25) is 0 Å². The van der Waals surface area contributed by atoms with Crippen molar-refractivity contribution in [1.82, 2.24) is 4.90 Å². The lowest BCUT2D eigenvalue weighted by molar-refractivity contribution is -0.120. The summed E-state index contributed by atoms with van der Waals surface area (Å²) in [7, 11) is 0. The zero-order valence-electron chi connectivity index (χ0n) is 9.59. The first-order valence-corrected chi connectivity index (χ1v) is 6.00. The maximum absolute atomic E-state index is 11.4. The number of carbonyl (C=O) groups excluding carboxylic acids is 1. The minimum absolute atomic E-state index is 0.421. The zero-order valence-corrected chi connectivity index (χ0v) is 9.59. The van der Waals surface area contributed by atoms with Gasteiger partial charge in [-0.2, -0.15) is 0 Å². The fourth-order valence-electron chi connectivity index (χ4n) is 2.31. The lowest BCUT2D eigenvalue weighted by Crippen LogP contribution is -2.27. The number of nitrogens with zero attached hydrogens (tertiary/aromatic N) is 1. The smallest absolute Gasteiger partial charge is 0.146 e. The fourth-order valence-corrected chi connectivity index (χ4v) is 2.31. The molecule has 1 unspecified atom stereocenters. The molecule has 2 nitrogen and oxygen atoms in total. The van der Waals surface area contributed by atoms with Gasteiger partial charge in [0.1, 0.15) is 5.78 Å². The third-order valence-electron chi connectivity index (χ3n) is 3.00. The van der Waals surface area contributed by atoms with E-state index in [9.17, 15) is 4.79 Å². The highest BCUT2D eigenvalue weighted by atomic mass is 16.1. The molecule has 1 saturated heterocycles. The quantitative estimate of drug-likeness (QED) is 0.652. The Kier molecular flexibility index (Phi) is 5.16. The van der Waals surface area contributed by atoms with Gasteiger partial charge in [-0.3, -0.25) is 9.69 Å². The summed E-state index contributed by atoms with van der Waals surface area (Å²) in [6.45, 7) is 7.31. The number of rotatable bonds is 6. The van der Waals surface area contributed by atoms with Crippen molar-refractivity contribution < 1.29 is 4.79 Å². The molecule has 0 aliphatic carbocycles. The Balaban J connectivity index is 2.18. The molecule has 2 heteroatoms. The van der Waals surface area contributed by atoms with Crippen LogP contribution in [0.3, 0.4) is 0 Å². The Morgan fingerprint density at radius 1 is 1.36 bits per heavy atom. The van der Waals surface area contributed by atoms with Crippen LogP contribution in [-0.4, -0.2) is 30.3 Å². The van der Waals surface area contributed by atoms with Crippen molar-refractivity contribution in [3.8, 4) is 0 Å². The molecular formula is C12H23NO. The summed E-state index contributed by atoms with van der Waals surface area (Å²) in [6.07, 6.45) is 5.66. The largest absolute Gasteiger partial charge is 0.298 e. The van der Waals surface area contributed by atoms with Crippen LogP contribution in [0.2, 0.25) is 0 Å². The van der Waals surface area contributed by atoms with E-state index in [1.165, 1.54) is 19.3 Å². The van der Waals surface area contributed by atoms with Crippen LogP contribution in [0, 0.1) is 5.92 Å². The van der Waals surface area contributed by atoms with E-state index in [2.05, 4.69) is 18.7 Å². The Hall–Kier alpha value is -0.370. The number of likely N-dealkylation sites (tertiary alicyclic amines) is 1. The zero-order chi connectivity index (χ0) is 10.4. The minimum Gasteiger partial charge on any atom is -0.298 e. The predicted octanol–water partition coefficient (Wildman–Crippen LogP) is 2.48. The summed E-state index contributed by atoms with van der Waals surface area (Å²) in [5.41, 5.74) is 0. The predicted molar refractivity (Wildman–Crippen MR) is 59.4 cm³/mol. The highest BCUT2D eigenvalue weighted by Crippen LogP contribution is 2.20. The SMILES string of the molecule is CCCC(=O)CN1CCC(CCC)C1. The molecular weight excluding hydrogens is 174 g/mol. The Morgan fingerprint density at radius 3 is 2.79 bits per heavy atom. The van der Waals surface area contributed by atoms with Gasteiger partial charge in [0.15, 0.2) is 0 Å². The first kappa shape index (κ1) is 11.7. The molecule has 0 spiro atoms. The topological polar surface area (TPSA) is 20.3 Å². The molecule has 1 atom stereocenters. The van der Waals surface area contributed by atoms with E-state index in [1.54, 1.807) is 0 Å². The molecule has 0 radical (unpaired) electrons. The summed E-state index contributed by atoms with van der Waals surface area (Å²) < 4.78 is 0. The number of hydrogen-bond acceptors (Lipinski definition) is 2. The summed E-state index contributed by atoms with van der Waals surface area (Å²) in [5.74, 6) is 1.28. The minimum atomic E-state index is 0.421. The molecule has 0 aromatic rings. The van der Waals surface area contributed by atoms with Crippen LogP contribution < -0.4 is 0 Å². The second kappa shape index (κ2) is 6.18. The second-order valence-electron chi connectivity index (χ2n) is 4.47. The van der Waals surface area contributed by atoms with Crippen LogP contribution in [0.1, 0.15) is 46.0 Å². The van der Waals surface area contributed by atoms with Crippen molar-refractivity contribution in [3.05, 3.63) is 0 Å². The van der Waals surface area contributed by atoms with Crippen molar-refractivity contribution in [2.75, 3.05) is 19.6 Å². The number of carbonyl (C=O) groups is 1. The Bertz CT molecular complexity index is 179. The molecule has 0 amide bonds. The summed E-state index contributed by atoms with van der Waals surface area (Å²) in [4.78, 5) is 13.8. The van der Waals surface area contributed by atoms with Crippen LogP contribution in [0.5, 0.6) is 0 Å². The van der Waals surface area contributed by atoms with Gasteiger partial charge in [-0.25, -0.2) is 0 Å². The number of hydrogen-bond donors (Lipinski definition) is 0. The summed E-state index contributed by atoms with van der Waals surface area (Å²) >= 11 is 0. The fraction of sp³-hybridized carbons (Fsp3) is 0.917. The third kappa shape index (κ3) is 3.79. The standard InChI is InChI=1S/C12H23NO/c1-3-5-11-7-8-13(9-11)10-12(14)6-4-2/h11H,3-10H2,1-2H3. The van der Waals surface area contributed by atoms with Gasteiger partial charge in [0.25, 0.3) is 0 Å². The van der Waals surface area contributed by atoms with Crippen LogP contribution in [0.4, 0.5) is 0 Å². The van der Waals surface area contributed by atoms with Gasteiger partial charge < -0.3 is 0 Å². The first-order valence-electron chi connectivity index (χ1n) is 6.00. The van der Waals surface area contributed by atoms with Gasteiger partial charge in [0.05, 0.1) is 6.54 Å². The van der Waals surface area contributed by atoms with Gasteiger partial charge in [-0.1, -0.05) is 20.3 Å². The molecule has 0 aromatic carbocycles. The first-order chi connectivity index (χ1) is 6.76. The molecule has 82 valence electrons. The van der Waals surface area contributed by atoms with Gasteiger partial charge >= 0.3 is 0 Å². The third-order valence-corrected chi connectivity index (χ3v) is 3.00. The van der Waals surface area contributed by atoms with E-state index < -0.39 is 0 Å². The molecule has 0 bridgehead atoms. The van der Waals surface area contributed by atoms with E-state index in [0.717, 1.165) is 31.8 Å². The average molecular weight is 197 g/mol. The van der Waals surface area contributed by atoms with E-state index >= 15 is 0 Å². The van der Waals surface area contributed by atoms with Crippen LogP contribution >= 0.6 is 0 Å².